The number of carbonyl (C=O) groups excluding carboxylic acids is 4. The Bertz CT molecular complexity index is 1310. The molecule has 0 saturated heterocycles. The zero-order valence-electron chi connectivity index (χ0n) is 20.6. The van der Waals surface area contributed by atoms with Crippen LogP contribution in [0.3, 0.4) is 0 Å². The molecule has 0 radical (unpaired) electrons. The van der Waals surface area contributed by atoms with E-state index in [2.05, 4.69) is 9.69 Å². The lowest BCUT2D eigenvalue weighted by Gasteiger charge is -2.31. The number of hydrogen-bond acceptors (Lipinski definition) is 9. The molecule has 0 aliphatic heterocycles. The van der Waals surface area contributed by atoms with Crippen molar-refractivity contribution in [2.24, 2.45) is 5.73 Å². The number of nitrogens with zero attached hydrogens (tertiary/aromatic N) is 2. The van der Waals surface area contributed by atoms with Gasteiger partial charge in [0, 0.05) is 6.54 Å². The molecule has 0 unspecified atom stereocenters. The van der Waals surface area contributed by atoms with E-state index in [1.165, 1.54) is 24.1 Å². The Morgan fingerprint density at radius 3 is 2.32 bits per heavy atom. The molecule has 3 amide bonds. The Balaban J connectivity index is 2.09. The van der Waals surface area contributed by atoms with Crippen molar-refractivity contribution in [3.05, 3.63) is 76.0 Å². The average molecular weight is 544 g/mol. The molecule has 0 saturated carbocycles. The number of carbonyl (C=O) groups is 4. The predicted octanol–water partition coefficient (Wildman–Crippen LogP) is 2.03. The molecular weight excluding hydrogens is 517 g/mol. The van der Waals surface area contributed by atoms with Gasteiger partial charge in [-0.3, -0.25) is 19.2 Å². The van der Waals surface area contributed by atoms with Gasteiger partial charge in [0.2, 0.25) is 5.91 Å². The zero-order valence-corrected chi connectivity index (χ0v) is 21.4. The molecule has 1 atom stereocenters. The summed E-state index contributed by atoms with van der Waals surface area (Å²) in [6, 6.07) is 10.4. The Kier molecular flexibility index (Phi) is 9.33. The SMILES string of the molecule is CCOC(=O)CNC(=O)[C@H](c1ccc(F)cc1)N(Cc1ccc(OC)cc1)C(=O)c1snc(C(N)=O)c1N. The number of hydrogen-bond donors (Lipinski definition) is 3. The minimum atomic E-state index is -1.34. The molecule has 0 bridgehead atoms. The van der Waals surface area contributed by atoms with Gasteiger partial charge in [0.1, 0.15) is 29.0 Å². The van der Waals surface area contributed by atoms with Crippen molar-refractivity contribution in [1.29, 1.82) is 0 Å². The number of ether oxygens (including phenoxy) is 2. The molecule has 11 nitrogen and oxygen atoms in total. The van der Waals surface area contributed by atoms with Crippen LogP contribution in [0.25, 0.3) is 0 Å². The Morgan fingerprint density at radius 1 is 1.11 bits per heavy atom. The minimum Gasteiger partial charge on any atom is -0.497 e. The number of anilines is 1. The molecule has 3 rings (SSSR count). The van der Waals surface area contributed by atoms with E-state index in [9.17, 15) is 23.6 Å². The van der Waals surface area contributed by atoms with Crippen LogP contribution < -0.4 is 21.5 Å². The highest BCUT2D eigenvalue weighted by Crippen LogP contribution is 2.30. The second-order valence-corrected chi connectivity index (χ2v) is 8.67. The topological polar surface area (TPSA) is 167 Å². The summed E-state index contributed by atoms with van der Waals surface area (Å²) in [5.41, 5.74) is 11.7. The summed E-state index contributed by atoms with van der Waals surface area (Å²) in [4.78, 5) is 52.0. The van der Waals surface area contributed by atoms with Crippen LogP contribution in [0.4, 0.5) is 10.1 Å². The van der Waals surface area contributed by atoms with E-state index in [0.29, 0.717) is 22.8 Å². The highest BCUT2D eigenvalue weighted by Gasteiger charge is 2.35. The lowest BCUT2D eigenvalue weighted by Crippen LogP contribution is -2.44. The van der Waals surface area contributed by atoms with Crippen molar-refractivity contribution in [3.63, 3.8) is 0 Å². The predicted molar refractivity (Wildman–Crippen MR) is 137 cm³/mol. The average Bonchev–Trinajstić information content (AvgIpc) is 3.29. The number of amides is 3. The van der Waals surface area contributed by atoms with Gasteiger partial charge in [0.15, 0.2) is 5.69 Å². The van der Waals surface area contributed by atoms with Crippen LogP contribution in [0, 0.1) is 5.82 Å². The maximum absolute atomic E-state index is 13.8. The largest absolute Gasteiger partial charge is 0.497 e. The molecule has 0 aliphatic carbocycles. The molecule has 1 heterocycles. The first kappa shape index (κ1) is 28.1. The number of nitrogens with one attached hydrogen (secondary N) is 1. The van der Waals surface area contributed by atoms with E-state index in [-0.39, 0.29) is 35.0 Å². The van der Waals surface area contributed by atoms with Gasteiger partial charge in [-0.05, 0) is 53.8 Å². The fraction of sp³-hybridized carbons (Fsp3) is 0.240. The van der Waals surface area contributed by atoms with Crippen molar-refractivity contribution < 1.29 is 33.0 Å². The number of methoxy groups -OCH3 is 1. The van der Waals surface area contributed by atoms with Gasteiger partial charge < -0.3 is 31.2 Å². The first-order chi connectivity index (χ1) is 18.2. The number of nitrogen functional groups attached to an aromatic ring is 1. The minimum absolute atomic E-state index is 0.110. The molecule has 0 fully saturated rings. The summed E-state index contributed by atoms with van der Waals surface area (Å²) in [6.07, 6.45) is 0. The fourth-order valence-electron chi connectivity index (χ4n) is 3.55. The second-order valence-electron chi connectivity index (χ2n) is 7.90. The van der Waals surface area contributed by atoms with E-state index in [1.54, 1.807) is 31.2 Å². The van der Waals surface area contributed by atoms with Gasteiger partial charge >= 0.3 is 5.97 Å². The molecule has 38 heavy (non-hydrogen) atoms. The summed E-state index contributed by atoms with van der Waals surface area (Å²) in [5, 5.41) is 2.47. The van der Waals surface area contributed by atoms with Gasteiger partial charge in [0.05, 0.1) is 19.4 Å². The maximum atomic E-state index is 13.8. The summed E-state index contributed by atoms with van der Waals surface area (Å²) in [6.45, 7) is 1.17. The first-order valence-electron chi connectivity index (χ1n) is 11.3. The Labute approximate surface area is 221 Å². The fourth-order valence-corrected chi connectivity index (χ4v) is 4.31. The lowest BCUT2D eigenvalue weighted by molar-refractivity contribution is -0.143. The van der Waals surface area contributed by atoms with Gasteiger partial charge in [0.25, 0.3) is 11.8 Å². The van der Waals surface area contributed by atoms with Crippen molar-refractivity contribution >= 4 is 40.9 Å². The third kappa shape index (κ3) is 6.62. The lowest BCUT2D eigenvalue weighted by atomic mass is 10.0. The van der Waals surface area contributed by atoms with Crippen molar-refractivity contribution in [2.75, 3.05) is 26.0 Å². The van der Waals surface area contributed by atoms with Crippen LogP contribution in [0.5, 0.6) is 5.75 Å². The van der Waals surface area contributed by atoms with Crippen molar-refractivity contribution in [1.82, 2.24) is 14.6 Å². The molecule has 3 aromatic rings. The zero-order chi connectivity index (χ0) is 27.8. The van der Waals surface area contributed by atoms with Crippen LogP contribution in [0.2, 0.25) is 0 Å². The number of benzene rings is 2. The molecule has 13 heteroatoms. The molecular formula is C25H26FN5O6S. The Hall–Kier alpha value is -4.52. The molecule has 0 spiro atoms. The van der Waals surface area contributed by atoms with Crippen LogP contribution in [0.15, 0.2) is 48.5 Å². The number of aromatic nitrogens is 1. The smallest absolute Gasteiger partial charge is 0.325 e. The maximum Gasteiger partial charge on any atom is 0.325 e. The Morgan fingerprint density at radius 2 is 1.76 bits per heavy atom. The van der Waals surface area contributed by atoms with E-state index in [0.717, 1.165) is 12.1 Å². The van der Waals surface area contributed by atoms with Crippen molar-refractivity contribution in [3.8, 4) is 5.75 Å². The number of halogens is 1. The van der Waals surface area contributed by atoms with Gasteiger partial charge in [-0.15, -0.1) is 0 Å². The highest BCUT2D eigenvalue weighted by atomic mass is 32.1. The molecule has 1 aromatic heterocycles. The van der Waals surface area contributed by atoms with E-state index >= 15 is 0 Å². The number of rotatable bonds is 11. The summed E-state index contributed by atoms with van der Waals surface area (Å²) in [7, 11) is 1.51. The van der Waals surface area contributed by atoms with Gasteiger partial charge in [-0.1, -0.05) is 24.3 Å². The molecule has 200 valence electrons. The number of nitrogens with two attached hydrogens (primary N) is 2. The standard InChI is InChI=1S/C25H26FN5O6S/c1-3-37-18(32)12-29-24(34)21(15-6-8-16(26)9-7-15)31(13-14-4-10-17(36-2)11-5-14)25(35)22-19(27)20(23(28)33)30-38-22/h4-11,21H,3,12-13,27H2,1-2H3,(H2,28,33)(H,29,34)/t21-/m0/s1. The third-order valence-electron chi connectivity index (χ3n) is 5.39. The van der Waals surface area contributed by atoms with Crippen LogP contribution >= 0.6 is 11.5 Å². The normalized spacial score (nSPS) is 11.3. The second kappa shape index (κ2) is 12.6. The summed E-state index contributed by atoms with van der Waals surface area (Å²) in [5.74, 6) is -3.03. The van der Waals surface area contributed by atoms with E-state index < -0.39 is 42.1 Å². The third-order valence-corrected chi connectivity index (χ3v) is 6.24. The van der Waals surface area contributed by atoms with Crippen LogP contribution in [-0.2, 0) is 20.9 Å². The molecule has 5 N–H and O–H groups in total. The summed E-state index contributed by atoms with van der Waals surface area (Å²) >= 11 is 0.656. The highest BCUT2D eigenvalue weighted by molar-refractivity contribution is 7.09. The van der Waals surface area contributed by atoms with Crippen LogP contribution in [0.1, 0.15) is 44.3 Å². The van der Waals surface area contributed by atoms with Gasteiger partial charge in [-0.2, -0.15) is 4.37 Å². The number of primary amides is 1. The van der Waals surface area contributed by atoms with E-state index in [1.807, 2.05) is 0 Å². The first-order valence-corrected chi connectivity index (χ1v) is 12.1. The van der Waals surface area contributed by atoms with Crippen molar-refractivity contribution in [2.45, 2.75) is 19.5 Å². The quantitative estimate of drug-likeness (QED) is 0.309. The number of esters is 1. The monoisotopic (exact) mass is 543 g/mol. The molecule has 2 aromatic carbocycles. The molecule has 0 aliphatic rings. The summed E-state index contributed by atoms with van der Waals surface area (Å²) < 4.78 is 27.7. The van der Waals surface area contributed by atoms with Gasteiger partial charge in [-0.25, -0.2) is 4.39 Å². The van der Waals surface area contributed by atoms with E-state index in [4.69, 9.17) is 20.9 Å². The van der Waals surface area contributed by atoms with Crippen LogP contribution in [-0.4, -0.2) is 53.2 Å².